The number of carbonyl (C=O) groups is 1. The maximum atomic E-state index is 11.0. The Morgan fingerprint density at radius 2 is 1.82 bits per heavy atom. The topological polar surface area (TPSA) is 26.3 Å². The fourth-order valence-corrected chi connectivity index (χ4v) is 1.83. The Balaban J connectivity index is 2.62. The van der Waals surface area contributed by atoms with Gasteiger partial charge in [0, 0.05) is 5.39 Å². The molecule has 2 aromatic rings. The number of benzene rings is 2. The summed E-state index contributed by atoms with van der Waals surface area (Å²) in [5.74, 6) is 0.894. The lowest BCUT2D eigenvalue weighted by atomic mass is 10.0. The third-order valence-electron chi connectivity index (χ3n) is 2.64. The molecular formula is C15H14O2. The first-order valence-electron chi connectivity index (χ1n) is 5.47. The molecule has 0 fully saturated rings. The van der Waals surface area contributed by atoms with Gasteiger partial charge < -0.3 is 4.74 Å². The zero-order valence-corrected chi connectivity index (χ0v) is 9.94. The predicted molar refractivity (Wildman–Crippen MR) is 70.2 cm³/mol. The van der Waals surface area contributed by atoms with Crippen molar-refractivity contribution in [3.05, 3.63) is 48.0 Å². The van der Waals surface area contributed by atoms with E-state index in [0.29, 0.717) is 0 Å². The van der Waals surface area contributed by atoms with E-state index in [-0.39, 0.29) is 5.78 Å². The van der Waals surface area contributed by atoms with Gasteiger partial charge in [-0.1, -0.05) is 36.4 Å². The zero-order valence-electron chi connectivity index (χ0n) is 9.94. The summed E-state index contributed by atoms with van der Waals surface area (Å²) in [7, 11) is 1.66. The van der Waals surface area contributed by atoms with Crippen molar-refractivity contribution >= 4 is 22.6 Å². The standard InChI is InChI=1S/C15H14O2/c1-11(16)7-8-12-9-10-15(17-2)14-6-4-3-5-13(12)14/h3-10H,1-2H3. The van der Waals surface area contributed by atoms with Crippen molar-refractivity contribution in [3.63, 3.8) is 0 Å². The van der Waals surface area contributed by atoms with Crippen LogP contribution in [0.25, 0.3) is 16.8 Å². The van der Waals surface area contributed by atoms with Gasteiger partial charge in [0.05, 0.1) is 7.11 Å². The van der Waals surface area contributed by atoms with Gasteiger partial charge in [-0.05, 0) is 30.0 Å². The molecule has 2 aromatic carbocycles. The molecule has 0 atom stereocenters. The average molecular weight is 226 g/mol. The highest BCUT2D eigenvalue weighted by molar-refractivity contribution is 5.98. The molecule has 0 aliphatic heterocycles. The summed E-state index contributed by atoms with van der Waals surface area (Å²) in [5.41, 5.74) is 1.02. The van der Waals surface area contributed by atoms with Gasteiger partial charge in [-0.15, -0.1) is 0 Å². The van der Waals surface area contributed by atoms with Crippen LogP contribution in [0.1, 0.15) is 12.5 Å². The number of ether oxygens (including phenoxy) is 1. The fraction of sp³-hybridized carbons (Fsp3) is 0.133. The third kappa shape index (κ3) is 2.36. The van der Waals surface area contributed by atoms with Crippen LogP contribution in [0.2, 0.25) is 0 Å². The quantitative estimate of drug-likeness (QED) is 0.749. The summed E-state index contributed by atoms with van der Waals surface area (Å²) in [6.07, 6.45) is 3.42. The molecule has 0 bridgehead atoms. The molecule has 0 aromatic heterocycles. The van der Waals surface area contributed by atoms with Crippen LogP contribution in [0, 0.1) is 0 Å². The van der Waals surface area contributed by atoms with Crippen LogP contribution in [-0.2, 0) is 4.79 Å². The summed E-state index contributed by atoms with van der Waals surface area (Å²) in [4.78, 5) is 11.0. The van der Waals surface area contributed by atoms with Gasteiger partial charge in [-0.2, -0.15) is 0 Å². The molecule has 0 aliphatic rings. The maximum absolute atomic E-state index is 11.0. The highest BCUT2D eigenvalue weighted by Crippen LogP contribution is 2.28. The monoisotopic (exact) mass is 226 g/mol. The molecule has 2 rings (SSSR count). The number of hydrogen-bond donors (Lipinski definition) is 0. The molecule has 0 unspecified atom stereocenters. The number of allylic oxidation sites excluding steroid dienone is 1. The van der Waals surface area contributed by atoms with E-state index < -0.39 is 0 Å². The van der Waals surface area contributed by atoms with Crippen molar-refractivity contribution in [3.8, 4) is 5.75 Å². The predicted octanol–water partition coefficient (Wildman–Crippen LogP) is 3.45. The Morgan fingerprint density at radius 1 is 1.12 bits per heavy atom. The number of rotatable bonds is 3. The molecule has 0 aliphatic carbocycles. The van der Waals surface area contributed by atoms with Crippen LogP contribution in [0.3, 0.4) is 0 Å². The van der Waals surface area contributed by atoms with Crippen LogP contribution in [-0.4, -0.2) is 12.9 Å². The normalized spacial score (nSPS) is 10.9. The van der Waals surface area contributed by atoms with E-state index in [1.54, 1.807) is 20.1 Å². The first kappa shape index (κ1) is 11.4. The van der Waals surface area contributed by atoms with Gasteiger partial charge in [0.25, 0.3) is 0 Å². The molecule has 0 heterocycles. The second kappa shape index (κ2) is 4.83. The Hall–Kier alpha value is -2.09. The van der Waals surface area contributed by atoms with Crippen LogP contribution < -0.4 is 4.74 Å². The lowest BCUT2D eigenvalue weighted by molar-refractivity contribution is -0.112. The molecule has 2 heteroatoms. The van der Waals surface area contributed by atoms with Crippen molar-refractivity contribution < 1.29 is 9.53 Å². The van der Waals surface area contributed by atoms with Gasteiger partial charge in [-0.3, -0.25) is 4.79 Å². The van der Waals surface area contributed by atoms with Gasteiger partial charge in [0.15, 0.2) is 5.78 Å². The molecule has 0 saturated heterocycles. The van der Waals surface area contributed by atoms with Crippen molar-refractivity contribution in [1.29, 1.82) is 0 Å². The molecule has 0 N–H and O–H groups in total. The second-order valence-electron chi connectivity index (χ2n) is 3.85. The van der Waals surface area contributed by atoms with Crippen LogP contribution in [0.4, 0.5) is 0 Å². The van der Waals surface area contributed by atoms with E-state index in [2.05, 4.69) is 0 Å². The van der Waals surface area contributed by atoms with E-state index in [4.69, 9.17) is 4.74 Å². The average Bonchev–Trinajstić information content (AvgIpc) is 2.35. The minimum atomic E-state index is 0.0462. The van der Waals surface area contributed by atoms with Crippen molar-refractivity contribution in [1.82, 2.24) is 0 Å². The molecular weight excluding hydrogens is 212 g/mol. The summed E-state index contributed by atoms with van der Waals surface area (Å²) in [6, 6.07) is 11.9. The number of methoxy groups -OCH3 is 1. The van der Waals surface area contributed by atoms with Crippen molar-refractivity contribution in [2.24, 2.45) is 0 Å². The Morgan fingerprint density at radius 3 is 2.47 bits per heavy atom. The second-order valence-corrected chi connectivity index (χ2v) is 3.85. The summed E-state index contributed by atoms with van der Waals surface area (Å²) in [6.45, 7) is 1.54. The summed E-state index contributed by atoms with van der Waals surface area (Å²) >= 11 is 0. The number of fused-ring (bicyclic) bond motifs is 1. The van der Waals surface area contributed by atoms with E-state index in [1.807, 2.05) is 42.5 Å². The van der Waals surface area contributed by atoms with E-state index in [9.17, 15) is 4.79 Å². The van der Waals surface area contributed by atoms with Gasteiger partial charge in [-0.25, -0.2) is 0 Å². The van der Waals surface area contributed by atoms with Crippen LogP contribution >= 0.6 is 0 Å². The number of hydrogen-bond acceptors (Lipinski definition) is 2. The Labute approximate surface area is 101 Å². The lowest BCUT2D eigenvalue weighted by Gasteiger charge is -2.07. The first-order chi connectivity index (χ1) is 8.22. The highest BCUT2D eigenvalue weighted by Gasteiger charge is 2.03. The van der Waals surface area contributed by atoms with E-state index in [0.717, 1.165) is 22.1 Å². The van der Waals surface area contributed by atoms with Gasteiger partial charge in [0.2, 0.25) is 0 Å². The Bertz CT molecular complexity index is 582. The van der Waals surface area contributed by atoms with E-state index in [1.165, 1.54) is 0 Å². The molecule has 17 heavy (non-hydrogen) atoms. The number of carbonyl (C=O) groups excluding carboxylic acids is 1. The molecule has 0 radical (unpaired) electrons. The molecule has 86 valence electrons. The summed E-state index contributed by atoms with van der Waals surface area (Å²) in [5, 5.41) is 2.14. The van der Waals surface area contributed by atoms with Crippen molar-refractivity contribution in [2.45, 2.75) is 6.92 Å². The summed E-state index contributed by atoms with van der Waals surface area (Å²) < 4.78 is 5.32. The third-order valence-corrected chi connectivity index (χ3v) is 2.64. The van der Waals surface area contributed by atoms with Crippen LogP contribution in [0.15, 0.2) is 42.5 Å². The highest BCUT2D eigenvalue weighted by atomic mass is 16.5. The minimum absolute atomic E-state index is 0.0462. The molecule has 0 spiro atoms. The van der Waals surface area contributed by atoms with Gasteiger partial charge in [0.1, 0.15) is 5.75 Å². The largest absolute Gasteiger partial charge is 0.496 e. The fourth-order valence-electron chi connectivity index (χ4n) is 1.83. The Kier molecular flexibility index (Phi) is 3.24. The van der Waals surface area contributed by atoms with Crippen molar-refractivity contribution in [2.75, 3.05) is 7.11 Å². The van der Waals surface area contributed by atoms with E-state index >= 15 is 0 Å². The van der Waals surface area contributed by atoms with Crippen LogP contribution in [0.5, 0.6) is 5.75 Å². The molecule has 0 amide bonds. The minimum Gasteiger partial charge on any atom is -0.496 e. The molecule has 0 saturated carbocycles. The zero-order chi connectivity index (χ0) is 12.3. The molecule has 2 nitrogen and oxygen atoms in total. The number of ketones is 1. The SMILES string of the molecule is COc1ccc(C=CC(C)=O)c2ccccc12. The first-order valence-corrected chi connectivity index (χ1v) is 5.47. The lowest BCUT2D eigenvalue weighted by Crippen LogP contribution is -1.87. The maximum Gasteiger partial charge on any atom is 0.152 e. The van der Waals surface area contributed by atoms with Gasteiger partial charge >= 0.3 is 0 Å². The smallest absolute Gasteiger partial charge is 0.152 e.